The number of ether oxygens (including phenoxy) is 1. The summed E-state index contributed by atoms with van der Waals surface area (Å²) >= 11 is 1.10. The molecule has 0 heterocycles. The first kappa shape index (κ1) is 16.9. The maximum atomic E-state index is 13.5. The molecule has 0 radical (unpaired) electrons. The Kier molecular flexibility index (Phi) is 7.54. The average Bonchev–Trinajstić information content (AvgIpc) is 2.42. The molecule has 0 spiro atoms. The summed E-state index contributed by atoms with van der Waals surface area (Å²) in [5, 5.41) is 3.05. The summed E-state index contributed by atoms with van der Waals surface area (Å²) in [4.78, 5) is 11.9. The summed E-state index contributed by atoms with van der Waals surface area (Å²) in [6, 6.07) is 2.75. The SMILES string of the molecule is CCCNC(CSc1cc(F)ccc1F)C(=O)OCC. The number of thioether (sulfide) groups is 1. The third-order valence-electron chi connectivity index (χ3n) is 2.51. The van der Waals surface area contributed by atoms with Crippen molar-refractivity contribution < 1.29 is 18.3 Å². The molecule has 1 unspecified atom stereocenters. The molecule has 1 N–H and O–H groups in total. The molecule has 1 rings (SSSR count). The molecule has 0 fully saturated rings. The number of carbonyl (C=O) groups is 1. The van der Waals surface area contributed by atoms with Gasteiger partial charge in [-0.15, -0.1) is 11.8 Å². The molecule has 0 aliphatic carbocycles. The zero-order valence-corrected chi connectivity index (χ0v) is 12.4. The minimum atomic E-state index is -0.525. The maximum Gasteiger partial charge on any atom is 0.323 e. The van der Waals surface area contributed by atoms with Crippen LogP contribution in [-0.2, 0) is 9.53 Å². The van der Waals surface area contributed by atoms with Crippen molar-refractivity contribution in [3.05, 3.63) is 29.8 Å². The Labute approximate surface area is 122 Å². The van der Waals surface area contributed by atoms with Crippen LogP contribution in [0, 0.1) is 11.6 Å². The summed E-state index contributed by atoms with van der Waals surface area (Å²) < 4.78 is 31.5. The van der Waals surface area contributed by atoms with E-state index >= 15 is 0 Å². The van der Waals surface area contributed by atoms with Gasteiger partial charge in [0.2, 0.25) is 0 Å². The number of benzene rings is 1. The third-order valence-corrected chi connectivity index (χ3v) is 3.63. The fourth-order valence-electron chi connectivity index (χ4n) is 1.53. The number of rotatable bonds is 8. The van der Waals surface area contributed by atoms with Gasteiger partial charge in [-0.25, -0.2) is 8.78 Å². The van der Waals surface area contributed by atoms with E-state index in [1.54, 1.807) is 6.92 Å². The van der Waals surface area contributed by atoms with E-state index < -0.39 is 17.7 Å². The van der Waals surface area contributed by atoms with Crippen LogP contribution >= 0.6 is 11.8 Å². The molecule has 0 aromatic heterocycles. The zero-order valence-electron chi connectivity index (χ0n) is 11.6. The van der Waals surface area contributed by atoms with Crippen molar-refractivity contribution in [3.8, 4) is 0 Å². The second-order valence-corrected chi connectivity index (χ2v) is 5.21. The summed E-state index contributed by atoms with van der Waals surface area (Å²) in [5.41, 5.74) is 0. The van der Waals surface area contributed by atoms with E-state index in [1.165, 1.54) is 0 Å². The molecule has 3 nitrogen and oxygen atoms in total. The second kappa shape index (κ2) is 8.92. The van der Waals surface area contributed by atoms with E-state index in [0.29, 0.717) is 18.9 Å². The number of esters is 1. The second-order valence-electron chi connectivity index (χ2n) is 4.14. The van der Waals surface area contributed by atoms with Gasteiger partial charge in [0.05, 0.1) is 6.61 Å². The normalized spacial score (nSPS) is 12.2. The number of hydrogen-bond acceptors (Lipinski definition) is 4. The molecular weight excluding hydrogens is 284 g/mol. The molecule has 0 aliphatic rings. The van der Waals surface area contributed by atoms with Crippen LogP contribution in [-0.4, -0.2) is 30.9 Å². The van der Waals surface area contributed by atoms with Crippen LogP contribution in [0.1, 0.15) is 20.3 Å². The highest BCUT2D eigenvalue weighted by atomic mass is 32.2. The van der Waals surface area contributed by atoms with Gasteiger partial charge in [-0.3, -0.25) is 4.79 Å². The lowest BCUT2D eigenvalue weighted by molar-refractivity contribution is -0.144. The minimum Gasteiger partial charge on any atom is -0.465 e. The first-order valence-corrected chi connectivity index (χ1v) is 7.54. The quantitative estimate of drug-likeness (QED) is 0.592. The molecule has 0 bridgehead atoms. The molecule has 1 aromatic rings. The van der Waals surface area contributed by atoms with Crippen LogP contribution in [0.15, 0.2) is 23.1 Å². The van der Waals surface area contributed by atoms with Crippen LogP contribution in [0.2, 0.25) is 0 Å². The molecule has 0 aliphatic heterocycles. The van der Waals surface area contributed by atoms with E-state index in [2.05, 4.69) is 5.32 Å². The molecule has 20 heavy (non-hydrogen) atoms. The van der Waals surface area contributed by atoms with Gasteiger partial charge in [0.25, 0.3) is 0 Å². The standard InChI is InChI=1S/C14H19F2NO2S/c1-3-7-17-12(14(18)19-4-2)9-20-13-8-10(15)5-6-11(13)16/h5-6,8,12,17H,3-4,7,9H2,1-2H3. The first-order chi connectivity index (χ1) is 9.58. The van der Waals surface area contributed by atoms with Crippen LogP contribution in [0.3, 0.4) is 0 Å². The van der Waals surface area contributed by atoms with Crippen molar-refractivity contribution in [1.82, 2.24) is 5.32 Å². The summed E-state index contributed by atoms with van der Waals surface area (Å²) in [7, 11) is 0. The van der Waals surface area contributed by atoms with Crippen LogP contribution in [0.25, 0.3) is 0 Å². The predicted octanol–water partition coefficient (Wildman–Crippen LogP) is 2.99. The lowest BCUT2D eigenvalue weighted by Crippen LogP contribution is -2.40. The van der Waals surface area contributed by atoms with E-state index in [4.69, 9.17) is 4.74 Å². The highest BCUT2D eigenvalue weighted by Crippen LogP contribution is 2.23. The Balaban J connectivity index is 2.64. The van der Waals surface area contributed by atoms with Gasteiger partial charge in [-0.2, -0.15) is 0 Å². The van der Waals surface area contributed by atoms with E-state index in [9.17, 15) is 13.6 Å². The Morgan fingerprint density at radius 3 is 2.80 bits per heavy atom. The molecule has 6 heteroatoms. The highest BCUT2D eigenvalue weighted by Gasteiger charge is 2.20. The Bertz CT molecular complexity index is 443. The number of nitrogens with one attached hydrogen (secondary N) is 1. The van der Waals surface area contributed by atoms with Crippen molar-refractivity contribution in [1.29, 1.82) is 0 Å². The van der Waals surface area contributed by atoms with Gasteiger partial charge in [-0.1, -0.05) is 6.92 Å². The number of hydrogen-bond donors (Lipinski definition) is 1. The van der Waals surface area contributed by atoms with Crippen molar-refractivity contribution in [3.63, 3.8) is 0 Å². The van der Waals surface area contributed by atoms with E-state index in [1.807, 2.05) is 6.92 Å². The summed E-state index contributed by atoms with van der Waals surface area (Å²) in [6.07, 6.45) is 0.870. The van der Waals surface area contributed by atoms with E-state index in [-0.39, 0.29) is 10.9 Å². The van der Waals surface area contributed by atoms with Crippen LogP contribution < -0.4 is 5.32 Å². The van der Waals surface area contributed by atoms with Crippen LogP contribution in [0.4, 0.5) is 8.78 Å². The topological polar surface area (TPSA) is 38.3 Å². The lowest BCUT2D eigenvalue weighted by Gasteiger charge is -2.16. The number of carbonyl (C=O) groups excluding carboxylic acids is 1. The molecule has 0 amide bonds. The van der Waals surface area contributed by atoms with Gasteiger partial charge in [0, 0.05) is 10.6 Å². The molecule has 0 saturated carbocycles. The lowest BCUT2D eigenvalue weighted by atomic mass is 10.3. The van der Waals surface area contributed by atoms with Gasteiger partial charge in [0.1, 0.15) is 17.7 Å². The first-order valence-electron chi connectivity index (χ1n) is 6.56. The Morgan fingerprint density at radius 1 is 1.40 bits per heavy atom. The fraction of sp³-hybridized carbons (Fsp3) is 0.500. The van der Waals surface area contributed by atoms with Crippen molar-refractivity contribution in [2.45, 2.75) is 31.2 Å². The molecule has 112 valence electrons. The van der Waals surface area contributed by atoms with Crippen molar-refractivity contribution >= 4 is 17.7 Å². The smallest absolute Gasteiger partial charge is 0.323 e. The van der Waals surface area contributed by atoms with Crippen molar-refractivity contribution in [2.75, 3.05) is 18.9 Å². The predicted molar refractivity (Wildman–Crippen MR) is 75.8 cm³/mol. The molecule has 0 saturated heterocycles. The minimum absolute atomic E-state index is 0.192. The molecule has 1 aromatic carbocycles. The maximum absolute atomic E-state index is 13.5. The third kappa shape index (κ3) is 5.46. The number of halogens is 2. The van der Waals surface area contributed by atoms with Crippen LogP contribution in [0.5, 0.6) is 0 Å². The summed E-state index contributed by atoms with van der Waals surface area (Å²) in [5.74, 6) is -1.07. The van der Waals surface area contributed by atoms with Gasteiger partial charge in [-0.05, 0) is 38.1 Å². The largest absolute Gasteiger partial charge is 0.465 e. The molecule has 1 atom stereocenters. The average molecular weight is 303 g/mol. The highest BCUT2D eigenvalue weighted by molar-refractivity contribution is 7.99. The zero-order chi connectivity index (χ0) is 15.0. The Hall–Kier alpha value is -1.14. The van der Waals surface area contributed by atoms with Crippen molar-refractivity contribution in [2.24, 2.45) is 0 Å². The monoisotopic (exact) mass is 303 g/mol. The Morgan fingerprint density at radius 2 is 2.15 bits per heavy atom. The molecular formula is C14H19F2NO2S. The fourth-order valence-corrected chi connectivity index (χ4v) is 2.53. The van der Waals surface area contributed by atoms with Gasteiger partial charge in [0.15, 0.2) is 0 Å². The van der Waals surface area contributed by atoms with Gasteiger partial charge >= 0.3 is 5.97 Å². The van der Waals surface area contributed by atoms with E-state index in [0.717, 1.165) is 36.4 Å². The van der Waals surface area contributed by atoms with Gasteiger partial charge < -0.3 is 10.1 Å². The summed E-state index contributed by atoms with van der Waals surface area (Å²) in [6.45, 7) is 4.67.